The van der Waals surface area contributed by atoms with E-state index in [-0.39, 0.29) is 5.75 Å². The van der Waals surface area contributed by atoms with Crippen molar-refractivity contribution in [2.24, 2.45) is 5.73 Å². The molecular weight excluding hydrogens is 186 g/mol. The van der Waals surface area contributed by atoms with E-state index in [0.29, 0.717) is 11.6 Å². The maximum absolute atomic E-state index is 9.42. The van der Waals surface area contributed by atoms with Crippen LogP contribution in [0.1, 0.15) is 12.0 Å². The van der Waals surface area contributed by atoms with Gasteiger partial charge < -0.3 is 10.8 Å². The number of rotatable bonds is 3. The van der Waals surface area contributed by atoms with Gasteiger partial charge in [0.25, 0.3) is 0 Å². The molecule has 1 rings (SSSR count). The van der Waals surface area contributed by atoms with Crippen molar-refractivity contribution in [2.45, 2.75) is 6.42 Å². The molecule has 0 aliphatic rings. The van der Waals surface area contributed by atoms with E-state index in [4.69, 9.17) is 17.3 Å². The van der Waals surface area contributed by atoms with E-state index in [1.54, 1.807) is 12.1 Å². The Bertz CT molecular complexity index is 310. The molecule has 1 aromatic rings. The van der Waals surface area contributed by atoms with Gasteiger partial charge in [-0.15, -0.1) is 0 Å². The van der Waals surface area contributed by atoms with Crippen molar-refractivity contribution >= 4 is 17.7 Å². The van der Waals surface area contributed by atoms with E-state index in [2.05, 4.69) is 0 Å². The maximum Gasteiger partial charge on any atom is 0.124 e. The molecule has 0 spiro atoms. The van der Waals surface area contributed by atoms with E-state index < -0.39 is 0 Å². The number of halogens is 1. The molecule has 0 heterocycles. The minimum Gasteiger partial charge on any atom is -0.507 e. The third-order valence-corrected chi connectivity index (χ3v) is 1.86. The normalized spacial score (nSPS) is 10.9. The molecule has 0 radical (unpaired) electrons. The summed E-state index contributed by atoms with van der Waals surface area (Å²) in [6.45, 7) is 0.616. The second-order valence-electron chi connectivity index (χ2n) is 2.68. The second-order valence-corrected chi connectivity index (χ2v) is 3.12. The molecule has 2 nitrogen and oxygen atoms in total. The van der Waals surface area contributed by atoms with E-state index in [0.717, 1.165) is 12.0 Å². The van der Waals surface area contributed by atoms with Crippen LogP contribution in [-0.2, 0) is 0 Å². The van der Waals surface area contributed by atoms with Crippen molar-refractivity contribution in [3.05, 3.63) is 34.9 Å². The van der Waals surface area contributed by atoms with Crippen molar-refractivity contribution in [3.63, 3.8) is 0 Å². The van der Waals surface area contributed by atoms with E-state index in [1.165, 1.54) is 6.07 Å². The third kappa shape index (κ3) is 3.09. The summed E-state index contributed by atoms with van der Waals surface area (Å²) in [5, 5.41) is 9.96. The Morgan fingerprint density at radius 1 is 1.46 bits per heavy atom. The summed E-state index contributed by atoms with van der Waals surface area (Å²) in [5.74, 6) is 0.195. The van der Waals surface area contributed by atoms with Gasteiger partial charge in [0.2, 0.25) is 0 Å². The second kappa shape index (κ2) is 4.90. The summed E-state index contributed by atoms with van der Waals surface area (Å²) in [6, 6.07) is 5.03. The molecule has 0 unspecified atom stereocenters. The van der Waals surface area contributed by atoms with Gasteiger partial charge in [0.05, 0.1) is 0 Å². The summed E-state index contributed by atoms with van der Waals surface area (Å²) in [7, 11) is 0. The molecule has 0 amide bonds. The first kappa shape index (κ1) is 10.1. The molecular formula is C10H12ClNO. The Morgan fingerprint density at radius 2 is 2.23 bits per heavy atom. The van der Waals surface area contributed by atoms with Crippen LogP contribution in [0.2, 0.25) is 5.02 Å². The molecule has 0 saturated carbocycles. The highest BCUT2D eigenvalue weighted by Gasteiger charge is 1.96. The molecule has 13 heavy (non-hydrogen) atoms. The highest BCUT2D eigenvalue weighted by Crippen LogP contribution is 2.22. The lowest BCUT2D eigenvalue weighted by Gasteiger charge is -1.98. The zero-order valence-electron chi connectivity index (χ0n) is 7.20. The average molecular weight is 198 g/mol. The molecule has 1 aromatic carbocycles. The minimum absolute atomic E-state index is 0.195. The Hall–Kier alpha value is -0.990. The fraction of sp³-hybridized carbons (Fsp3) is 0.200. The average Bonchev–Trinajstić information content (AvgIpc) is 2.09. The number of aromatic hydroxyl groups is 1. The van der Waals surface area contributed by atoms with Crippen molar-refractivity contribution in [3.8, 4) is 5.75 Å². The fourth-order valence-electron chi connectivity index (χ4n) is 0.964. The lowest BCUT2D eigenvalue weighted by atomic mass is 10.2. The van der Waals surface area contributed by atoms with Crippen LogP contribution < -0.4 is 5.73 Å². The summed E-state index contributed by atoms with van der Waals surface area (Å²) >= 11 is 5.67. The molecule has 0 aromatic heterocycles. The first-order valence-electron chi connectivity index (χ1n) is 4.09. The first-order valence-corrected chi connectivity index (χ1v) is 4.47. The number of benzene rings is 1. The number of phenolic OH excluding ortho intramolecular Hbond substituents is 1. The van der Waals surface area contributed by atoms with Gasteiger partial charge in [0, 0.05) is 10.6 Å². The smallest absolute Gasteiger partial charge is 0.124 e. The monoisotopic (exact) mass is 197 g/mol. The van der Waals surface area contributed by atoms with Crippen molar-refractivity contribution in [1.82, 2.24) is 0 Å². The van der Waals surface area contributed by atoms with Gasteiger partial charge in [-0.05, 0) is 31.2 Å². The number of nitrogens with two attached hydrogens (primary N) is 1. The van der Waals surface area contributed by atoms with Crippen LogP contribution in [0.4, 0.5) is 0 Å². The predicted molar refractivity (Wildman–Crippen MR) is 55.8 cm³/mol. The van der Waals surface area contributed by atoms with Gasteiger partial charge in [-0.2, -0.15) is 0 Å². The van der Waals surface area contributed by atoms with Crippen molar-refractivity contribution < 1.29 is 5.11 Å². The molecule has 0 aliphatic carbocycles. The predicted octanol–water partition coefficient (Wildman–Crippen LogP) is 2.41. The van der Waals surface area contributed by atoms with Crippen LogP contribution in [0.5, 0.6) is 5.75 Å². The molecule has 70 valence electrons. The largest absolute Gasteiger partial charge is 0.507 e. The summed E-state index contributed by atoms with van der Waals surface area (Å²) < 4.78 is 0. The Balaban J connectivity index is 2.77. The lowest BCUT2D eigenvalue weighted by molar-refractivity contribution is 0.474. The maximum atomic E-state index is 9.42. The Labute approximate surface area is 82.6 Å². The number of hydrogen-bond acceptors (Lipinski definition) is 2. The lowest BCUT2D eigenvalue weighted by Crippen LogP contribution is -1.94. The van der Waals surface area contributed by atoms with Gasteiger partial charge in [-0.25, -0.2) is 0 Å². The van der Waals surface area contributed by atoms with Gasteiger partial charge in [0.15, 0.2) is 0 Å². The van der Waals surface area contributed by atoms with E-state index in [1.807, 2.05) is 12.2 Å². The van der Waals surface area contributed by atoms with E-state index >= 15 is 0 Å². The van der Waals surface area contributed by atoms with Gasteiger partial charge >= 0.3 is 0 Å². The van der Waals surface area contributed by atoms with Gasteiger partial charge in [-0.3, -0.25) is 0 Å². The van der Waals surface area contributed by atoms with Crippen molar-refractivity contribution in [1.29, 1.82) is 0 Å². The molecule has 0 aliphatic heterocycles. The molecule has 0 atom stereocenters. The van der Waals surface area contributed by atoms with Crippen LogP contribution in [0.15, 0.2) is 24.3 Å². The number of hydrogen-bond donors (Lipinski definition) is 2. The Morgan fingerprint density at radius 3 is 2.85 bits per heavy atom. The quantitative estimate of drug-likeness (QED) is 0.782. The van der Waals surface area contributed by atoms with Crippen molar-refractivity contribution in [2.75, 3.05) is 6.54 Å². The topological polar surface area (TPSA) is 46.2 Å². The standard InChI is InChI=1S/C10H12ClNO/c11-9-5-4-8(10(13)7-9)3-1-2-6-12/h1,3-5,7,13H,2,6,12H2. The van der Waals surface area contributed by atoms with Crippen LogP contribution in [0, 0.1) is 0 Å². The van der Waals surface area contributed by atoms with E-state index in [9.17, 15) is 5.11 Å². The molecule has 0 saturated heterocycles. The molecule has 3 heteroatoms. The van der Waals surface area contributed by atoms with Crippen LogP contribution in [-0.4, -0.2) is 11.7 Å². The van der Waals surface area contributed by atoms with Crippen LogP contribution in [0.3, 0.4) is 0 Å². The zero-order chi connectivity index (χ0) is 9.68. The van der Waals surface area contributed by atoms with Gasteiger partial charge in [-0.1, -0.05) is 23.8 Å². The Kier molecular flexibility index (Phi) is 3.80. The minimum atomic E-state index is 0.195. The summed E-state index contributed by atoms with van der Waals surface area (Å²) in [4.78, 5) is 0. The third-order valence-electron chi connectivity index (χ3n) is 1.62. The summed E-state index contributed by atoms with van der Waals surface area (Å²) in [6.07, 6.45) is 4.56. The van der Waals surface area contributed by atoms with Crippen LogP contribution >= 0.6 is 11.6 Å². The highest BCUT2D eigenvalue weighted by atomic mass is 35.5. The molecule has 0 fully saturated rings. The first-order chi connectivity index (χ1) is 6.24. The van der Waals surface area contributed by atoms with Gasteiger partial charge in [0.1, 0.15) is 5.75 Å². The zero-order valence-corrected chi connectivity index (χ0v) is 7.96. The molecule has 0 bridgehead atoms. The summed E-state index contributed by atoms with van der Waals surface area (Å²) in [5.41, 5.74) is 6.08. The van der Waals surface area contributed by atoms with Crippen LogP contribution in [0.25, 0.3) is 6.08 Å². The SMILES string of the molecule is NCCC=Cc1ccc(Cl)cc1O. The molecule has 3 N–H and O–H groups in total. The number of phenols is 1. The fourth-order valence-corrected chi connectivity index (χ4v) is 1.13. The highest BCUT2D eigenvalue weighted by molar-refractivity contribution is 6.30.